The number of nitrogens with zero attached hydrogens (tertiary/aromatic N) is 2. The van der Waals surface area contributed by atoms with E-state index in [2.05, 4.69) is 41.1 Å². The van der Waals surface area contributed by atoms with Crippen LogP contribution in [0.3, 0.4) is 0 Å². The first-order valence-corrected chi connectivity index (χ1v) is 8.75. The number of hydrogen-bond acceptors (Lipinski definition) is 3. The van der Waals surface area contributed by atoms with Crippen LogP contribution >= 0.6 is 23.4 Å². The van der Waals surface area contributed by atoms with Crippen LogP contribution in [0.15, 0.2) is 41.4 Å². The van der Waals surface area contributed by atoms with Crippen molar-refractivity contribution in [3.8, 4) is 0 Å². The highest BCUT2D eigenvalue weighted by Crippen LogP contribution is 2.30. The van der Waals surface area contributed by atoms with Gasteiger partial charge < -0.3 is 5.32 Å². The molecule has 5 heteroatoms. The zero-order valence-corrected chi connectivity index (χ0v) is 14.1. The molecular formula is C16H22ClN3S. The van der Waals surface area contributed by atoms with Crippen LogP contribution in [0.2, 0.25) is 5.02 Å². The van der Waals surface area contributed by atoms with Crippen LogP contribution in [0, 0.1) is 0 Å². The van der Waals surface area contributed by atoms with Gasteiger partial charge in [-0.2, -0.15) is 5.10 Å². The molecule has 2 rings (SSSR count). The predicted octanol–water partition coefficient (Wildman–Crippen LogP) is 4.39. The van der Waals surface area contributed by atoms with E-state index in [1.165, 1.54) is 5.69 Å². The second kappa shape index (κ2) is 8.47. The van der Waals surface area contributed by atoms with Gasteiger partial charge in [-0.1, -0.05) is 37.6 Å². The van der Waals surface area contributed by atoms with Gasteiger partial charge in [0.05, 0.1) is 16.8 Å². The third kappa shape index (κ3) is 4.50. The van der Waals surface area contributed by atoms with E-state index in [1.807, 2.05) is 24.4 Å². The van der Waals surface area contributed by atoms with Gasteiger partial charge in [0, 0.05) is 23.4 Å². The maximum Gasteiger partial charge on any atom is 0.0587 e. The minimum absolute atomic E-state index is 0.283. The number of hydrogen-bond donors (Lipinski definition) is 1. The third-order valence-corrected chi connectivity index (χ3v) is 4.84. The largest absolute Gasteiger partial charge is 0.308 e. The van der Waals surface area contributed by atoms with E-state index < -0.39 is 0 Å². The number of halogens is 1. The van der Waals surface area contributed by atoms with Gasteiger partial charge in [0.25, 0.3) is 0 Å². The lowest BCUT2D eigenvalue weighted by atomic mass is 10.2. The Morgan fingerprint density at radius 1 is 1.29 bits per heavy atom. The molecule has 0 radical (unpaired) electrons. The summed E-state index contributed by atoms with van der Waals surface area (Å²) in [7, 11) is 0. The van der Waals surface area contributed by atoms with Crippen molar-refractivity contribution in [3.05, 3.63) is 47.2 Å². The maximum atomic E-state index is 6.23. The average Bonchev–Trinajstić information content (AvgIpc) is 2.93. The van der Waals surface area contributed by atoms with Crippen LogP contribution in [0.25, 0.3) is 0 Å². The van der Waals surface area contributed by atoms with Gasteiger partial charge in [0.1, 0.15) is 0 Å². The van der Waals surface area contributed by atoms with Gasteiger partial charge in [-0.3, -0.25) is 4.68 Å². The summed E-state index contributed by atoms with van der Waals surface area (Å²) >= 11 is 8.02. The number of benzene rings is 1. The van der Waals surface area contributed by atoms with Crippen LogP contribution in [-0.2, 0) is 6.54 Å². The van der Waals surface area contributed by atoms with E-state index in [9.17, 15) is 0 Å². The molecule has 1 atom stereocenters. The topological polar surface area (TPSA) is 29.9 Å². The highest BCUT2D eigenvalue weighted by Gasteiger charge is 2.16. The Morgan fingerprint density at radius 2 is 2.10 bits per heavy atom. The monoisotopic (exact) mass is 323 g/mol. The lowest BCUT2D eigenvalue weighted by Crippen LogP contribution is -2.25. The summed E-state index contributed by atoms with van der Waals surface area (Å²) in [5, 5.41) is 8.79. The van der Waals surface area contributed by atoms with E-state index in [-0.39, 0.29) is 6.04 Å². The molecule has 1 N–H and O–H groups in total. The molecule has 1 aromatic carbocycles. The Morgan fingerprint density at radius 3 is 2.81 bits per heavy atom. The van der Waals surface area contributed by atoms with Crippen molar-refractivity contribution >= 4 is 23.4 Å². The SMILES string of the molecule is CCCn1nccc1C(CSc1ccccc1Cl)NCC. The van der Waals surface area contributed by atoms with Crippen molar-refractivity contribution in [2.24, 2.45) is 0 Å². The Bertz CT molecular complexity index is 556. The first-order valence-electron chi connectivity index (χ1n) is 7.38. The first-order chi connectivity index (χ1) is 10.3. The quantitative estimate of drug-likeness (QED) is 0.731. The predicted molar refractivity (Wildman–Crippen MR) is 91.1 cm³/mol. The summed E-state index contributed by atoms with van der Waals surface area (Å²) in [4.78, 5) is 1.13. The standard InChI is InChI=1S/C16H22ClN3S/c1-3-11-20-15(9-10-19-20)14(18-4-2)12-21-16-8-6-5-7-13(16)17/h5-10,14,18H,3-4,11-12H2,1-2H3. The molecule has 114 valence electrons. The second-order valence-corrected chi connectivity index (χ2v) is 6.30. The summed E-state index contributed by atoms with van der Waals surface area (Å²) in [5.41, 5.74) is 1.25. The molecule has 1 heterocycles. The van der Waals surface area contributed by atoms with Crippen molar-refractivity contribution in [2.75, 3.05) is 12.3 Å². The van der Waals surface area contributed by atoms with Crippen molar-refractivity contribution in [3.63, 3.8) is 0 Å². The van der Waals surface area contributed by atoms with E-state index >= 15 is 0 Å². The van der Waals surface area contributed by atoms with Crippen molar-refractivity contribution < 1.29 is 0 Å². The number of thioether (sulfide) groups is 1. The smallest absolute Gasteiger partial charge is 0.0587 e. The normalized spacial score (nSPS) is 12.5. The molecule has 0 fully saturated rings. The Labute approximate surface area is 136 Å². The Balaban J connectivity index is 2.08. The molecule has 0 aliphatic carbocycles. The fraction of sp³-hybridized carbons (Fsp3) is 0.438. The zero-order chi connectivity index (χ0) is 15.1. The molecule has 3 nitrogen and oxygen atoms in total. The molecule has 0 saturated heterocycles. The molecule has 1 unspecified atom stereocenters. The lowest BCUT2D eigenvalue weighted by molar-refractivity contribution is 0.508. The molecule has 0 amide bonds. The maximum absolute atomic E-state index is 6.23. The summed E-state index contributed by atoms with van der Waals surface area (Å²) in [6.07, 6.45) is 2.97. The number of aryl methyl sites for hydroxylation is 1. The fourth-order valence-electron chi connectivity index (χ4n) is 2.27. The van der Waals surface area contributed by atoms with E-state index in [1.54, 1.807) is 11.8 Å². The highest BCUT2D eigenvalue weighted by atomic mass is 35.5. The third-order valence-electron chi connectivity index (χ3n) is 3.23. The number of nitrogens with one attached hydrogen (secondary N) is 1. The fourth-order valence-corrected chi connectivity index (χ4v) is 3.58. The van der Waals surface area contributed by atoms with Gasteiger partial charge in [-0.25, -0.2) is 0 Å². The highest BCUT2D eigenvalue weighted by molar-refractivity contribution is 7.99. The first kappa shape index (κ1) is 16.4. The molecule has 1 aromatic heterocycles. The van der Waals surface area contributed by atoms with Gasteiger partial charge in [0.2, 0.25) is 0 Å². The van der Waals surface area contributed by atoms with Crippen LogP contribution in [0.1, 0.15) is 32.0 Å². The van der Waals surface area contributed by atoms with Gasteiger partial charge in [-0.15, -0.1) is 11.8 Å². The molecule has 21 heavy (non-hydrogen) atoms. The van der Waals surface area contributed by atoms with Crippen LogP contribution in [0.5, 0.6) is 0 Å². The molecule has 0 spiro atoms. The Hall–Kier alpha value is -0.970. The van der Waals surface area contributed by atoms with Crippen LogP contribution in [-0.4, -0.2) is 22.1 Å². The molecule has 2 aromatic rings. The summed E-state index contributed by atoms with van der Waals surface area (Å²) in [5.74, 6) is 0.937. The van der Waals surface area contributed by atoms with Gasteiger partial charge in [-0.05, 0) is 31.2 Å². The van der Waals surface area contributed by atoms with Crippen molar-refractivity contribution in [1.29, 1.82) is 0 Å². The molecular weight excluding hydrogens is 302 g/mol. The summed E-state index contributed by atoms with van der Waals surface area (Å²) < 4.78 is 2.10. The summed E-state index contributed by atoms with van der Waals surface area (Å²) in [6, 6.07) is 10.4. The molecule has 0 saturated carbocycles. The minimum Gasteiger partial charge on any atom is -0.308 e. The van der Waals surface area contributed by atoms with Gasteiger partial charge >= 0.3 is 0 Å². The molecule has 0 bridgehead atoms. The van der Waals surface area contributed by atoms with Crippen LogP contribution < -0.4 is 5.32 Å². The van der Waals surface area contributed by atoms with Crippen molar-refractivity contribution in [2.45, 2.75) is 37.8 Å². The van der Waals surface area contributed by atoms with Crippen LogP contribution in [0.4, 0.5) is 0 Å². The number of rotatable bonds is 8. The zero-order valence-electron chi connectivity index (χ0n) is 12.6. The lowest BCUT2D eigenvalue weighted by Gasteiger charge is -2.19. The van der Waals surface area contributed by atoms with E-state index in [0.717, 1.165) is 35.2 Å². The van der Waals surface area contributed by atoms with E-state index in [4.69, 9.17) is 11.6 Å². The van der Waals surface area contributed by atoms with Crippen molar-refractivity contribution in [1.82, 2.24) is 15.1 Å². The summed E-state index contributed by atoms with van der Waals surface area (Å²) in [6.45, 7) is 6.20. The minimum atomic E-state index is 0.283. The van der Waals surface area contributed by atoms with E-state index in [0.29, 0.717) is 0 Å². The molecule has 0 aliphatic heterocycles. The molecule has 0 aliphatic rings. The van der Waals surface area contributed by atoms with Gasteiger partial charge in [0.15, 0.2) is 0 Å². The second-order valence-electron chi connectivity index (χ2n) is 4.83. The average molecular weight is 324 g/mol. The Kier molecular flexibility index (Phi) is 6.61. The number of aromatic nitrogens is 2.